The SMILES string of the molecule is CCCN(CCC)c1nc(S)nc(S)n1.CCO[SiH](OCC)OCC. The Morgan fingerprint density at radius 1 is 0.760 bits per heavy atom. The van der Waals surface area contributed by atoms with Crippen molar-refractivity contribution in [3.05, 3.63) is 0 Å². The number of hydrogen-bond acceptors (Lipinski definition) is 9. The van der Waals surface area contributed by atoms with Gasteiger partial charge in [0.05, 0.1) is 0 Å². The maximum atomic E-state index is 5.22. The van der Waals surface area contributed by atoms with Gasteiger partial charge >= 0.3 is 9.53 Å². The number of nitrogens with zero attached hydrogens (tertiary/aromatic N) is 4. The van der Waals surface area contributed by atoms with E-state index in [-0.39, 0.29) is 0 Å². The van der Waals surface area contributed by atoms with Crippen molar-refractivity contribution < 1.29 is 13.3 Å². The second-order valence-corrected chi connectivity index (χ2v) is 7.25. The topological polar surface area (TPSA) is 69.6 Å². The minimum atomic E-state index is -1.73. The molecule has 1 aromatic heterocycles. The Kier molecular flexibility index (Phi) is 15.6. The average Bonchev–Trinajstić information content (AvgIpc) is 2.55. The third-order valence-electron chi connectivity index (χ3n) is 2.78. The van der Waals surface area contributed by atoms with Crippen LogP contribution in [0, 0.1) is 0 Å². The molecule has 0 aliphatic rings. The number of aromatic nitrogens is 3. The van der Waals surface area contributed by atoms with Crippen LogP contribution in [-0.4, -0.2) is 57.4 Å². The summed E-state index contributed by atoms with van der Waals surface area (Å²) in [6.07, 6.45) is 2.13. The van der Waals surface area contributed by atoms with Crippen LogP contribution in [-0.2, 0) is 13.3 Å². The molecule has 0 fully saturated rings. The lowest BCUT2D eigenvalue weighted by Gasteiger charge is -2.21. The minimum absolute atomic E-state index is 0.419. The number of thiol groups is 2. The van der Waals surface area contributed by atoms with Gasteiger partial charge < -0.3 is 18.2 Å². The molecule has 0 aliphatic carbocycles. The molecular weight excluding hydrogens is 376 g/mol. The van der Waals surface area contributed by atoms with E-state index in [0.717, 1.165) is 25.9 Å². The maximum absolute atomic E-state index is 5.22. The lowest BCUT2D eigenvalue weighted by molar-refractivity contribution is 0.107. The van der Waals surface area contributed by atoms with Crippen molar-refractivity contribution in [2.45, 2.75) is 57.8 Å². The third kappa shape index (κ3) is 11.8. The van der Waals surface area contributed by atoms with Crippen molar-refractivity contribution in [1.29, 1.82) is 0 Å². The van der Waals surface area contributed by atoms with Crippen molar-refractivity contribution in [1.82, 2.24) is 15.0 Å². The highest BCUT2D eigenvalue weighted by Crippen LogP contribution is 2.12. The molecule has 0 unspecified atom stereocenters. The molecule has 25 heavy (non-hydrogen) atoms. The van der Waals surface area contributed by atoms with E-state index in [1.165, 1.54) is 0 Å². The molecule has 7 nitrogen and oxygen atoms in total. The molecule has 1 aromatic rings. The Bertz CT molecular complexity index is 420. The zero-order valence-electron chi connectivity index (χ0n) is 15.9. The van der Waals surface area contributed by atoms with E-state index in [4.69, 9.17) is 13.3 Å². The molecule has 1 heterocycles. The molecular formula is C15H32N4O3S2Si. The van der Waals surface area contributed by atoms with Crippen LogP contribution in [0.2, 0.25) is 0 Å². The molecule has 146 valence electrons. The monoisotopic (exact) mass is 408 g/mol. The first-order valence-electron chi connectivity index (χ1n) is 8.75. The quantitative estimate of drug-likeness (QED) is 0.431. The fourth-order valence-corrected chi connectivity index (χ4v) is 3.44. The minimum Gasteiger partial charge on any atom is -0.376 e. The Labute approximate surface area is 164 Å². The summed E-state index contributed by atoms with van der Waals surface area (Å²) in [7, 11) is -1.73. The molecule has 10 heteroatoms. The van der Waals surface area contributed by atoms with E-state index in [2.05, 4.69) is 59.0 Å². The fourth-order valence-electron chi connectivity index (χ4n) is 1.89. The molecule has 1 rings (SSSR count). The normalized spacial score (nSPS) is 10.6. The molecule has 0 saturated carbocycles. The average molecular weight is 409 g/mol. The maximum Gasteiger partial charge on any atom is 0.484 e. The molecule has 0 atom stereocenters. The van der Waals surface area contributed by atoms with Crippen LogP contribution in [0.1, 0.15) is 47.5 Å². The van der Waals surface area contributed by atoms with Gasteiger partial charge in [-0.2, -0.15) is 15.0 Å². The van der Waals surface area contributed by atoms with E-state index in [9.17, 15) is 0 Å². The second-order valence-electron chi connectivity index (χ2n) is 4.88. The van der Waals surface area contributed by atoms with Crippen LogP contribution in [0.4, 0.5) is 5.95 Å². The highest BCUT2D eigenvalue weighted by molar-refractivity contribution is 7.80. The molecule has 0 bridgehead atoms. The van der Waals surface area contributed by atoms with E-state index in [1.807, 2.05) is 20.8 Å². The smallest absolute Gasteiger partial charge is 0.376 e. The Hall–Kier alpha value is -0.393. The number of hydrogen-bond donors (Lipinski definition) is 2. The van der Waals surface area contributed by atoms with Gasteiger partial charge in [-0.1, -0.05) is 13.8 Å². The zero-order chi connectivity index (χ0) is 19.1. The summed E-state index contributed by atoms with van der Waals surface area (Å²) in [5, 5.41) is 0.837. The van der Waals surface area contributed by atoms with Gasteiger partial charge in [0.2, 0.25) is 5.95 Å². The van der Waals surface area contributed by atoms with Crippen LogP contribution in [0.3, 0.4) is 0 Å². The number of anilines is 1. The zero-order valence-corrected chi connectivity index (χ0v) is 18.9. The predicted molar refractivity (Wildman–Crippen MR) is 109 cm³/mol. The van der Waals surface area contributed by atoms with E-state index < -0.39 is 9.53 Å². The first-order valence-corrected chi connectivity index (χ1v) is 11.1. The van der Waals surface area contributed by atoms with Crippen LogP contribution in [0.15, 0.2) is 10.3 Å². The van der Waals surface area contributed by atoms with Crippen LogP contribution in [0.25, 0.3) is 0 Å². The van der Waals surface area contributed by atoms with Crippen LogP contribution >= 0.6 is 25.3 Å². The summed E-state index contributed by atoms with van der Waals surface area (Å²) in [5.74, 6) is 0.670. The predicted octanol–water partition coefficient (Wildman–Crippen LogP) is 2.89. The summed E-state index contributed by atoms with van der Waals surface area (Å²) in [5.41, 5.74) is 0. The third-order valence-corrected chi connectivity index (χ3v) is 4.99. The Morgan fingerprint density at radius 3 is 1.48 bits per heavy atom. The Morgan fingerprint density at radius 2 is 1.16 bits per heavy atom. The van der Waals surface area contributed by atoms with Gasteiger partial charge in [0, 0.05) is 32.9 Å². The molecule has 0 saturated heterocycles. The largest absolute Gasteiger partial charge is 0.484 e. The summed E-state index contributed by atoms with van der Waals surface area (Å²) in [6, 6.07) is 0. The summed E-state index contributed by atoms with van der Waals surface area (Å²) in [4.78, 5) is 14.4. The lowest BCUT2D eigenvalue weighted by atomic mass is 10.4. The molecule has 0 amide bonds. The standard InChI is InChI=1S/C9H16N4S2.C6H16O3Si/c1-3-5-13(6-4-2)7-10-8(14)12-9(15)11-7;1-4-7-10(8-5-2)9-6-3/h3-6H2,1-2H3,(H2,10,11,12,14,15);10H,4-6H2,1-3H3. The second kappa shape index (κ2) is 15.8. The van der Waals surface area contributed by atoms with Gasteiger partial charge in [-0.15, -0.1) is 25.3 Å². The lowest BCUT2D eigenvalue weighted by Crippen LogP contribution is -2.27. The van der Waals surface area contributed by atoms with Crippen molar-refractivity contribution in [3.63, 3.8) is 0 Å². The summed E-state index contributed by atoms with van der Waals surface area (Å²) < 4.78 is 15.7. The number of rotatable bonds is 11. The van der Waals surface area contributed by atoms with Gasteiger partial charge in [0.1, 0.15) is 0 Å². The summed E-state index contributed by atoms with van der Waals surface area (Å²) in [6.45, 7) is 14.0. The fraction of sp³-hybridized carbons (Fsp3) is 0.800. The first kappa shape index (κ1) is 24.6. The van der Waals surface area contributed by atoms with Gasteiger partial charge in [-0.25, -0.2) is 0 Å². The van der Waals surface area contributed by atoms with Gasteiger partial charge in [0.15, 0.2) is 10.3 Å². The van der Waals surface area contributed by atoms with Crippen molar-refractivity contribution in [3.8, 4) is 0 Å². The van der Waals surface area contributed by atoms with Crippen molar-refractivity contribution >= 4 is 40.7 Å². The molecule has 0 spiro atoms. The van der Waals surface area contributed by atoms with E-state index in [0.29, 0.717) is 36.1 Å². The highest BCUT2D eigenvalue weighted by Gasteiger charge is 2.11. The first-order chi connectivity index (χ1) is 12.0. The van der Waals surface area contributed by atoms with Crippen LogP contribution in [0.5, 0.6) is 0 Å². The molecule has 0 radical (unpaired) electrons. The summed E-state index contributed by atoms with van der Waals surface area (Å²) >= 11 is 8.23. The highest BCUT2D eigenvalue weighted by atomic mass is 32.1. The van der Waals surface area contributed by atoms with Gasteiger partial charge in [-0.3, -0.25) is 0 Å². The van der Waals surface area contributed by atoms with Crippen LogP contribution < -0.4 is 4.90 Å². The molecule has 0 N–H and O–H groups in total. The van der Waals surface area contributed by atoms with Crippen molar-refractivity contribution in [2.24, 2.45) is 0 Å². The van der Waals surface area contributed by atoms with E-state index in [1.54, 1.807) is 0 Å². The molecule has 0 aliphatic heterocycles. The Balaban J connectivity index is 0.000000504. The van der Waals surface area contributed by atoms with Gasteiger partial charge in [0.25, 0.3) is 0 Å². The van der Waals surface area contributed by atoms with Gasteiger partial charge in [-0.05, 0) is 33.6 Å². The molecule has 0 aromatic carbocycles. The van der Waals surface area contributed by atoms with E-state index >= 15 is 0 Å². The van der Waals surface area contributed by atoms with Crippen molar-refractivity contribution in [2.75, 3.05) is 37.8 Å².